The Hall–Kier alpha value is -3.48. The summed E-state index contributed by atoms with van der Waals surface area (Å²) in [5, 5.41) is 9.85. The summed E-state index contributed by atoms with van der Waals surface area (Å²) >= 11 is 6.96. The van der Waals surface area contributed by atoms with Crippen LogP contribution < -0.4 is 0 Å². The van der Waals surface area contributed by atoms with Crippen molar-refractivity contribution in [3.05, 3.63) is 117 Å². The van der Waals surface area contributed by atoms with Crippen molar-refractivity contribution in [1.29, 1.82) is 0 Å². The second kappa shape index (κ2) is 11.5. The van der Waals surface area contributed by atoms with Crippen molar-refractivity contribution in [2.45, 2.75) is 26.3 Å². The minimum atomic E-state index is -0.880. The summed E-state index contributed by atoms with van der Waals surface area (Å²) in [5.41, 5.74) is 5.72. The van der Waals surface area contributed by atoms with Crippen molar-refractivity contribution >= 4 is 52.2 Å². The number of hydrogen-bond donors (Lipinski definition) is 1. The number of nitrogens with zero attached hydrogens (tertiary/aromatic N) is 1. The third-order valence-corrected chi connectivity index (χ3v) is 7.45. The highest BCUT2D eigenvalue weighted by Crippen LogP contribution is 2.33. The molecule has 0 aliphatic carbocycles. The summed E-state index contributed by atoms with van der Waals surface area (Å²) in [7, 11) is 0. The number of carbonyl (C=O) groups excluding carboxylic acids is 1. The van der Waals surface area contributed by atoms with Crippen molar-refractivity contribution in [2.75, 3.05) is 6.54 Å². The Balaban J connectivity index is 1.42. The van der Waals surface area contributed by atoms with Crippen LogP contribution in [0.15, 0.2) is 83.8 Å². The van der Waals surface area contributed by atoms with Gasteiger partial charge in [0.15, 0.2) is 5.78 Å². The fourth-order valence-corrected chi connectivity index (χ4v) is 5.60. The lowest BCUT2D eigenvalue weighted by Gasteiger charge is -2.25. The minimum absolute atomic E-state index is 0.0156. The van der Waals surface area contributed by atoms with Gasteiger partial charge in [-0.1, -0.05) is 108 Å². The van der Waals surface area contributed by atoms with Crippen LogP contribution in [0.25, 0.3) is 12.2 Å². The standard InChI is InChI=1S/C30H27NO3S2/c1-20-8-14-26(21(2)16-20)28(32)15-13-22-9-11-24(12-10-22)17-25-19-31(30(35)36-25)27(29(33)34)18-23-6-4-3-5-7-23/h3-17,27H,18-19H2,1-2H3,(H,33,34)/b15-13+,25-17-/t27-/m0/s1. The molecule has 3 aromatic carbocycles. The molecule has 0 amide bonds. The van der Waals surface area contributed by atoms with Crippen LogP contribution in [0.1, 0.15) is 38.2 Å². The largest absolute Gasteiger partial charge is 0.480 e. The molecule has 1 aliphatic rings. The Morgan fingerprint density at radius 3 is 2.39 bits per heavy atom. The fraction of sp³-hybridized carbons (Fsp3) is 0.167. The highest BCUT2D eigenvalue weighted by molar-refractivity contribution is 8.25. The molecule has 0 aromatic heterocycles. The number of thiocarbonyl (C=S) groups is 1. The summed E-state index contributed by atoms with van der Waals surface area (Å²) in [4.78, 5) is 27.4. The molecule has 4 nitrogen and oxygen atoms in total. The van der Waals surface area contributed by atoms with Crippen LogP contribution in [0.3, 0.4) is 0 Å². The van der Waals surface area contributed by atoms with E-state index in [0.717, 1.165) is 32.7 Å². The van der Waals surface area contributed by atoms with Gasteiger partial charge < -0.3 is 10.0 Å². The van der Waals surface area contributed by atoms with Gasteiger partial charge in [0.05, 0.1) is 6.54 Å². The molecule has 182 valence electrons. The molecular weight excluding hydrogens is 486 g/mol. The smallest absolute Gasteiger partial charge is 0.326 e. The van der Waals surface area contributed by atoms with E-state index < -0.39 is 12.0 Å². The zero-order chi connectivity index (χ0) is 25.7. The van der Waals surface area contributed by atoms with Gasteiger partial charge >= 0.3 is 5.97 Å². The Morgan fingerprint density at radius 1 is 1.03 bits per heavy atom. The van der Waals surface area contributed by atoms with Crippen LogP contribution in [-0.4, -0.2) is 38.7 Å². The number of carboxylic acid groups (broad SMARTS) is 1. The predicted molar refractivity (Wildman–Crippen MR) is 152 cm³/mol. The Bertz CT molecular complexity index is 1340. The molecule has 1 N–H and O–H groups in total. The molecule has 4 rings (SSSR count). The maximum absolute atomic E-state index is 12.6. The van der Waals surface area contributed by atoms with E-state index in [0.29, 0.717) is 22.8 Å². The lowest BCUT2D eigenvalue weighted by atomic mass is 10.0. The van der Waals surface area contributed by atoms with Gasteiger partial charge in [0.2, 0.25) is 0 Å². The first kappa shape index (κ1) is 25.6. The Morgan fingerprint density at radius 2 is 1.72 bits per heavy atom. The third-order valence-electron chi connectivity index (χ3n) is 6.05. The maximum Gasteiger partial charge on any atom is 0.326 e. The van der Waals surface area contributed by atoms with E-state index in [4.69, 9.17) is 12.2 Å². The SMILES string of the molecule is Cc1ccc(C(=O)/C=C/c2ccc(/C=C3/CN([C@@H](Cc4ccccc4)C(=O)O)C(=S)S3)cc2)c(C)c1. The van der Waals surface area contributed by atoms with Crippen LogP contribution in [0.2, 0.25) is 0 Å². The lowest BCUT2D eigenvalue weighted by molar-refractivity contribution is -0.141. The van der Waals surface area contributed by atoms with Gasteiger partial charge in [-0.3, -0.25) is 4.79 Å². The normalized spacial score (nSPS) is 15.6. The Labute approximate surface area is 221 Å². The predicted octanol–water partition coefficient (Wildman–Crippen LogP) is 6.57. The van der Waals surface area contributed by atoms with Gasteiger partial charge in [-0.2, -0.15) is 0 Å². The number of ketones is 1. The van der Waals surface area contributed by atoms with E-state index in [9.17, 15) is 14.7 Å². The Kier molecular flexibility index (Phi) is 8.18. The molecule has 1 atom stereocenters. The number of thioether (sulfide) groups is 1. The first-order valence-electron chi connectivity index (χ1n) is 11.7. The first-order chi connectivity index (χ1) is 17.3. The number of allylic oxidation sites excluding steroid dienone is 1. The summed E-state index contributed by atoms with van der Waals surface area (Å²) in [6.07, 6.45) is 5.85. The van der Waals surface area contributed by atoms with Crippen molar-refractivity contribution in [3.8, 4) is 0 Å². The van der Waals surface area contributed by atoms with Crippen molar-refractivity contribution in [2.24, 2.45) is 0 Å². The van der Waals surface area contributed by atoms with Gasteiger partial charge in [-0.15, -0.1) is 0 Å². The second-order valence-electron chi connectivity index (χ2n) is 8.83. The molecule has 0 bridgehead atoms. The zero-order valence-corrected chi connectivity index (χ0v) is 21.8. The van der Waals surface area contributed by atoms with E-state index in [1.54, 1.807) is 11.0 Å². The molecule has 6 heteroatoms. The third kappa shape index (κ3) is 6.39. The lowest BCUT2D eigenvalue weighted by Crippen LogP contribution is -2.42. The highest BCUT2D eigenvalue weighted by Gasteiger charge is 2.33. The average molecular weight is 514 g/mol. The first-order valence-corrected chi connectivity index (χ1v) is 12.9. The maximum atomic E-state index is 12.6. The van der Waals surface area contributed by atoms with Crippen LogP contribution in [0, 0.1) is 13.8 Å². The molecule has 0 spiro atoms. The van der Waals surface area contributed by atoms with Gasteiger partial charge in [0, 0.05) is 16.9 Å². The monoisotopic (exact) mass is 513 g/mol. The van der Waals surface area contributed by atoms with E-state index in [1.165, 1.54) is 11.8 Å². The van der Waals surface area contributed by atoms with Gasteiger partial charge in [0.25, 0.3) is 0 Å². The van der Waals surface area contributed by atoms with E-state index >= 15 is 0 Å². The fourth-order valence-electron chi connectivity index (χ4n) is 4.16. The molecule has 1 aliphatic heterocycles. The summed E-state index contributed by atoms with van der Waals surface area (Å²) in [6.45, 7) is 4.43. The molecule has 1 fully saturated rings. The van der Waals surface area contributed by atoms with Crippen LogP contribution in [0.4, 0.5) is 0 Å². The number of benzene rings is 3. The molecule has 1 heterocycles. The molecule has 0 radical (unpaired) electrons. The molecule has 36 heavy (non-hydrogen) atoms. The van der Waals surface area contributed by atoms with Gasteiger partial charge in [0.1, 0.15) is 10.4 Å². The summed E-state index contributed by atoms with van der Waals surface area (Å²) < 4.78 is 0.578. The highest BCUT2D eigenvalue weighted by atomic mass is 32.2. The second-order valence-corrected chi connectivity index (χ2v) is 10.6. The van der Waals surface area contributed by atoms with E-state index in [2.05, 4.69) is 0 Å². The molecular formula is C30H27NO3S2. The molecule has 1 saturated heterocycles. The number of carboxylic acids is 1. The van der Waals surface area contributed by atoms with Crippen LogP contribution in [-0.2, 0) is 11.2 Å². The van der Waals surface area contributed by atoms with Gasteiger partial charge in [-0.05, 0) is 48.3 Å². The quantitative estimate of drug-likeness (QED) is 0.209. The number of aryl methyl sites for hydroxylation is 2. The summed E-state index contributed by atoms with van der Waals surface area (Å²) in [5.74, 6) is -0.896. The molecule has 0 unspecified atom stereocenters. The average Bonchev–Trinajstić information content (AvgIpc) is 3.21. The number of carbonyl (C=O) groups is 2. The zero-order valence-electron chi connectivity index (χ0n) is 20.2. The molecule has 3 aromatic rings. The number of aliphatic carboxylic acids is 1. The van der Waals surface area contributed by atoms with E-state index in [1.807, 2.05) is 98.8 Å². The van der Waals surface area contributed by atoms with Gasteiger partial charge in [-0.25, -0.2) is 4.79 Å². The minimum Gasteiger partial charge on any atom is -0.480 e. The molecule has 0 saturated carbocycles. The number of hydrogen-bond acceptors (Lipinski definition) is 4. The van der Waals surface area contributed by atoms with Crippen molar-refractivity contribution in [1.82, 2.24) is 4.90 Å². The van der Waals surface area contributed by atoms with Crippen molar-refractivity contribution < 1.29 is 14.7 Å². The topological polar surface area (TPSA) is 57.6 Å². The summed E-state index contributed by atoms with van der Waals surface area (Å²) in [6, 6.07) is 22.6. The van der Waals surface area contributed by atoms with Crippen LogP contribution in [0.5, 0.6) is 0 Å². The van der Waals surface area contributed by atoms with Crippen LogP contribution >= 0.6 is 24.0 Å². The number of rotatable bonds is 8. The van der Waals surface area contributed by atoms with E-state index in [-0.39, 0.29) is 5.78 Å². The van der Waals surface area contributed by atoms with Crippen molar-refractivity contribution in [3.63, 3.8) is 0 Å².